The number of nitrogens with zero attached hydrogens (tertiary/aromatic N) is 3. The average Bonchev–Trinajstić information content (AvgIpc) is 2.91. The molecular formula is C27H35N5O4. The van der Waals surface area contributed by atoms with Crippen molar-refractivity contribution in [2.24, 2.45) is 5.92 Å². The zero-order valence-electron chi connectivity index (χ0n) is 21.6. The Labute approximate surface area is 212 Å². The molecule has 4 rings (SSSR count). The molecule has 1 fully saturated rings. The van der Waals surface area contributed by atoms with Crippen LogP contribution in [0.4, 0.5) is 11.8 Å². The van der Waals surface area contributed by atoms with E-state index in [-0.39, 0.29) is 17.9 Å². The molecule has 9 heteroatoms. The number of methoxy groups -OCH3 is 3. The normalized spacial score (nSPS) is 17.4. The lowest BCUT2D eigenvalue weighted by Crippen LogP contribution is -2.36. The minimum Gasteiger partial charge on any atom is -0.496 e. The van der Waals surface area contributed by atoms with Crippen LogP contribution in [0.5, 0.6) is 17.2 Å². The zero-order valence-corrected chi connectivity index (χ0v) is 21.6. The molecule has 0 atom stereocenters. The van der Waals surface area contributed by atoms with Crippen LogP contribution in [0, 0.1) is 5.92 Å². The van der Waals surface area contributed by atoms with Gasteiger partial charge < -0.3 is 29.7 Å². The SMILES string of the molecule is COc1cc(OC)c(CNC(=O)[C@H]2CC[C@@H](Nc3nc(N(C)C)c4ccccc4n3)CC2)c(OC)c1. The molecule has 0 bridgehead atoms. The quantitative estimate of drug-likeness (QED) is 0.462. The Hall–Kier alpha value is -3.75. The van der Waals surface area contributed by atoms with E-state index in [9.17, 15) is 4.79 Å². The van der Waals surface area contributed by atoms with Crippen LogP contribution < -0.4 is 29.7 Å². The van der Waals surface area contributed by atoms with E-state index < -0.39 is 0 Å². The van der Waals surface area contributed by atoms with Gasteiger partial charge in [0, 0.05) is 43.6 Å². The van der Waals surface area contributed by atoms with Crippen molar-refractivity contribution in [2.45, 2.75) is 38.3 Å². The summed E-state index contributed by atoms with van der Waals surface area (Å²) in [6.45, 7) is 0.325. The fraction of sp³-hybridized carbons (Fsp3) is 0.444. The second-order valence-corrected chi connectivity index (χ2v) is 9.20. The van der Waals surface area contributed by atoms with E-state index in [0.717, 1.165) is 48.0 Å². The van der Waals surface area contributed by atoms with E-state index in [2.05, 4.69) is 10.6 Å². The van der Waals surface area contributed by atoms with Crippen molar-refractivity contribution in [3.8, 4) is 17.2 Å². The second-order valence-electron chi connectivity index (χ2n) is 9.20. The number of anilines is 2. The van der Waals surface area contributed by atoms with Crippen LogP contribution in [-0.2, 0) is 11.3 Å². The first kappa shape index (κ1) is 25.3. The number of nitrogens with one attached hydrogen (secondary N) is 2. The van der Waals surface area contributed by atoms with E-state index >= 15 is 0 Å². The minimum absolute atomic E-state index is 0.0341. The molecule has 192 valence electrons. The van der Waals surface area contributed by atoms with Gasteiger partial charge in [-0.2, -0.15) is 4.98 Å². The number of hydrogen-bond donors (Lipinski definition) is 2. The summed E-state index contributed by atoms with van der Waals surface area (Å²) in [7, 11) is 8.75. The number of carbonyl (C=O) groups is 1. The Kier molecular flexibility index (Phi) is 7.97. The van der Waals surface area contributed by atoms with Crippen molar-refractivity contribution in [3.63, 3.8) is 0 Å². The smallest absolute Gasteiger partial charge is 0.225 e. The number of benzene rings is 2. The topological polar surface area (TPSA) is 97.8 Å². The van der Waals surface area contributed by atoms with Crippen molar-refractivity contribution in [3.05, 3.63) is 42.0 Å². The first-order chi connectivity index (χ1) is 17.4. The summed E-state index contributed by atoms with van der Waals surface area (Å²) in [5.74, 6) is 3.40. The molecule has 1 aliphatic carbocycles. The highest BCUT2D eigenvalue weighted by molar-refractivity contribution is 5.90. The van der Waals surface area contributed by atoms with Gasteiger partial charge in [0.05, 0.1) is 39.0 Å². The number of para-hydroxylation sites is 1. The molecule has 1 aliphatic rings. The molecule has 1 saturated carbocycles. The summed E-state index contributed by atoms with van der Waals surface area (Å²) in [4.78, 5) is 24.4. The van der Waals surface area contributed by atoms with Gasteiger partial charge in [-0.25, -0.2) is 4.98 Å². The fourth-order valence-corrected chi connectivity index (χ4v) is 4.72. The van der Waals surface area contributed by atoms with Crippen LogP contribution in [0.3, 0.4) is 0 Å². The molecule has 0 saturated heterocycles. The lowest BCUT2D eigenvalue weighted by molar-refractivity contribution is -0.126. The minimum atomic E-state index is -0.0341. The molecule has 1 amide bonds. The fourth-order valence-electron chi connectivity index (χ4n) is 4.72. The first-order valence-corrected chi connectivity index (χ1v) is 12.2. The summed E-state index contributed by atoms with van der Waals surface area (Å²) in [5, 5.41) is 7.60. The Morgan fingerprint density at radius 1 is 0.972 bits per heavy atom. The number of amides is 1. The van der Waals surface area contributed by atoms with Crippen LogP contribution >= 0.6 is 0 Å². The van der Waals surface area contributed by atoms with Gasteiger partial charge >= 0.3 is 0 Å². The molecule has 1 aromatic heterocycles. The largest absolute Gasteiger partial charge is 0.496 e. The van der Waals surface area contributed by atoms with Crippen LogP contribution in [0.2, 0.25) is 0 Å². The molecule has 2 N–H and O–H groups in total. The van der Waals surface area contributed by atoms with Gasteiger partial charge in [0.1, 0.15) is 23.1 Å². The second kappa shape index (κ2) is 11.3. The maximum atomic E-state index is 13.0. The third-order valence-corrected chi connectivity index (χ3v) is 6.69. The predicted octanol–water partition coefficient (Wildman–Crippen LogP) is 4.01. The average molecular weight is 494 g/mol. The molecule has 3 aromatic rings. The van der Waals surface area contributed by atoms with Crippen molar-refractivity contribution in [1.82, 2.24) is 15.3 Å². The maximum Gasteiger partial charge on any atom is 0.225 e. The van der Waals surface area contributed by atoms with Crippen LogP contribution in [0.25, 0.3) is 10.9 Å². The molecule has 2 aromatic carbocycles. The highest BCUT2D eigenvalue weighted by atomic mass is 16.5. The van der Waals surface area contributed by atoms with Crippen LogP contribution in [-0.4, -0.2) is 57.3 Å². The van der Waals surface area contributed by atoms with Gasteiger partial charge in [-0.3, -0.25) is 4.79 Å². The molecule has 36 heavy (non-hydrogen) atoms. The molecule has 0 aliphatic heterocycles. The molecular weight excluding hydrogens is 458 g/mol. The summed E-state index contributed by atoms with van der Waals surface area (Å²) >= 11 is 0. The van der Waals surface area contributed by atoms with E-state index in [1.807, 2.05) is 43.3 Å². The van der Waals surface area contributed by atoms with E-state index in [1.54, 1.807) is 33.5 Å². The van der Waals surface area contributed by atoms with Gasteiger partial charge in [0.15, 0.2) is 0 Å². The first-order valence-electron chi connectivity index (χ1n) is 12.2. The van der Waals surface area contributed by atoms with Crippen molar-refractivity contribution in [1.29, 1.82) is 0 Å². The molecule has 0 radical (unpaired) electrons. The highest BCUT2D eigenvalue weighted by Crippen LogP contribution is 2.34. The maximum absolute atomic E-state index is 13.0. The predicted molar refractivity (Wildman–Crippen MR) is 141 cm³/mol. The lowest BCUT2D eigenvalue weighted by atomic mass is 9.85. The Morgan fingerprint density at radius 2 is 1.64 bits per heavy atom. The van der Waals surface area contributed by atoms with Gasteiger partial charge in [0.2, 0.25) is 11.9 Å². The number of carbonyl (C=O) groups excluding carboxylic acids is 1. The summed E-state index contributed by atoms with van der Waals surface area (Å²) < 4.78 is 16.3. The number of rotatable bonds is 9. The lowest BCUT2D eigenvalue weighted by Gasteiger charge is -2.29. The molecule has 0 spiro atoms. The number of hydrogen-bond acceptors (Lipinski definition) is 8. The van der Waals surface area contributed by atoms with Gasteiger partial charge in [-0.05, 0) is 37.8 Å². The van der Waals surface area contributed by atoms with Crippen LogP contribution in [0.15, 0.2) is 36.4 Å². The third-order valence-electron chi connectivity index (χ3n) is 6.69. The van der Waals surface area contributed by atoms with Crippen molar-refractivity contribution >= 4 is 28.6 Å². The van der Waals surface area contributed by atoms with E-state index in [1.165, 1.54) is 0 Å². The Bertz CT molecular complexity index is 1180. The number of aromatic nitrogens is 2. The monoisotopic (exact) mass is 493 g/mol. The van der Waals surface area contributed by atoms with Gasteiger partial charge in [-0.1, -0.05) is 12.1 Å². The highest BCUT2D eigenvalue weighted by Gasteiger charge is 2.27. The zero-order chi connectivity index (χ0) is 25.7. The number of ether oxygens (including phenoxy) is 3. The Morgan fingerprint density at radius 3 is 2.25 bits per heavy atom. The van der Waals surface area contributed by atoms with Gasteiger partial charge in [0.25, 0.3) is 0 Å². The van der Waals surface area contributed by atoms with Crippen molar-refractivity contribution in [2.75, 3.05) is 45.6 Å². The third kappa shape index (κ3) is 5.56. The van der Waals surface area contributed by atoms with E-state index in [0.29, 0.717) is 29.7 Å². The molecule has 1 heterocycles. The summed E-state index contributed by atoms with van der Waals surface area (Å²) in [5.41, 5.74) is 1.70. The number of fused-ring (bicyclic) bond motifs is 1. The molecule has 9 nitrogen and oxygen atoms in total. The Balaban J connectivity index is 1.35. The van der Waals surface area contributed by atoms with Crippen molar-refractivity contribution < 1.29 is 19.0 Å². The van der Waals surface area contributed by atoms with E-state index in [4.69, 9.17) is 24.2 Å². The summed E-state index contributed by atoms with van der Waals surface area (Å²) in [6, 6.07) is 11.8. The van der Waals surface area contributed by atoms with Crippen LogP contribution in [0.1, 0.15) is 31.2 Å². The standard InChI is InChI=1S/C27H35N5O4/c1-32(2)25-20-8-6-7-9-22(20)30-27(31-25)29-18-12-10-17(11-13-18)26(33)28-16-21-23(35-4)14-19(34-3)15-24(21)36-5/h6-9,14-15,17-18H,10-13,16H2,1-5H3,(H,28,33)(H,29,30,31)/t17-,18+. The molecule has 0 unspecified atom stereocenters. The van der Waals surface area contributed by atoms with Gasteiger partial charge in [-0.15, -0.1) is 0 Å². The summed E-state index contributed by atoms with van der Waals surface area (Å²) in [6.07, 6.45) is 3.35.